The van der Waals surface area contributed by atoms with Crippen LogP contribution in [0.1, 0.15) is 171 Å². The van der Waals surface area contributed by atoms with Crippen LogP contribution in [0.5, 0.6) is 11.8 Å². The lowest BCUT2D eigenvalue weighted by Gasteiger charge is -2.20. The lowest BCUT2D eigenvalue weighted by Crippen LogP contribution is -2.28. The molecule has 0 amide bonds. The summed E-state index contributed by atoms with van der Waals surface area (Å²) < 4.78 is 17.0. The van der Waals surface area contributed by atoms with Gasteiger partial charge in [-0.1, -0.05) is 91.2 Å². The number of aromatic nitrogens is 2. The Bertz CT molecular complexity index is 2960. The molecule has 4 unspecified atom stereocenters. The summed E-state index contributed by atoms with van der Waals surface area (Å²) in [6.07, 6.45) is 9.96. The fraction of sp³-hybridized carbons (Fsp3) is 0.567. The Morgan fingerprint density at radius 2 is 1.20 bits per heavy atom. The topological polar surface area (TPSA) is 258 Å². The number of nitrogens with zero attached hydrogens (tertiary/aromatic N) is 8. The number of rotatable bonds is 35. The van der Waals surface area contributed by atoms with E-state index in [1.807, 2.05) is 76.2 Å². The number of nitrogens with one attached hydrogen (secondary N) is 2. The van der Waals surface area contributed by atoms with E-state index >= 15 is 0 Å². The van der Waals surface area contributed by atoms with Gasteiger partial charge in [-0.2, -0.15) is 20.8 Å². The van der Waals surface area contributed by atoms with Crippen LogP contribution >= 0.6 is 23.7 Å². The standard InChI is InChI=1S/C60H84N10O8S2/c1-11-16-21-44(14-4)35-69-57(73)50(31-61)42(9)55(59(69)75)68-66-49-27-28-52(46(15-5)30-49)79-38-63-33-40(7)77-53(71)23-18-19-24-54(72)78-41(8)34-64-80-37-47-25-26-48(29-39(47)6)65-67-56-43(10)51(32-62)58(74)70(60(56)76)36-45(20-13-3)22-17-12-2/h25-30,40-41,44-45,63-64,73-74H,11-24,33-38H2,1-10H3. The maximum absolute atomic E-state index is 13.6. The minimum atomic E-state index is -0.474. The van der Waals surface area contributed by atoms with Crippen molar-refractivity contribution < 1.29 is 29.3 Å². The van der Waals surface area contributed by atoms with Gasteiger partial charge in [-0.3, -0.25) is 33.0 Å². The normalized spacial score (nSPS) is 13.1. The van der Waals surface area contributed by atoms with Crippen molar-refractivity contribution >= 4 is 58.4 Å². The third kappa shape index (κ3) is 20.0. The van der Waals surface area contributed by atoms with E-state index in [1.54, 1.807) is 25.6 Å². The molecule has 0 fully saturated rings. The number of carbonyl (C=O) groups excluding carboxylic acids is 2. The molecule has 0 saturated carbocycles. The van der Waals surface area contributed by atoms with Crippen LogP contribution in [0.15, 0.2) is 71.3 Å². The van der Waals surface area contributed by atoms with Crippen LogP contribution in [0.3, 0.4) is 0 Å². The van der Waals surface area contributed by atoms with Crippen LogP contribution in [0.2, 0.25) is 0 Å². The van der Waals surface area contributed by atoms with E-state index in [9.17, 15) is 39.9 Å². The Morgan fingerprint density at radius 3 is 1.71 bits per heavy atom. The molecule has 0 aliphatic carbocycles. The van der Waals surface area contributed by atoms with Gasteiger partial charge in [0.05, 0.1) is 11.4 Å². The molecular formula is C60H84N10O8S2. The molecule has 0 saturated heterocycles. The number of unbranched alkanes of at least 4 members (excludes halogenated alkanes) is 3. The zero-order valence-electron chi connectivity index (χ0n) is 48.7. The third-order valence-corrected chi connectivity index (χ3v) is 15.9. The number of hydrogen-bond acceptors (Lipinski definition) is 18. The van der Waals surface area contributed by atoms with Crippen LogP contribution in [-0.2, 0) is 44.3 Å². The highest BCUT2D eigenvalue weighted by Crippen LogP contribution is 2.33. The lowest BCUT2D eigenvalue weighted by molar-refractivity contribution is -0.150. The quantitative estimate of drug-likeness (QED) is 0.00834. The number of aromatic hydroxyl groups is 2. The van der Waals surface area contributed by atoms with Crippen LogP contribution in [0.25, 0.3) is 0 Å². The molecule has 434 valence electrons. The van der Waals surface area contributed by atoms with Crippen molar-refractivity contribution in [3.8, 4) is 23.9 Å². The van der Waals surface area contributed by atoms with Crippen molar-refractivity contribution in [2.24, 2.45) is 32.3 Å². The SMILES string of the molecule is CCCCC(CC)Cn1c(O)c(C#N)c(C)c(N=Nc2ccc(SCNCC(C)OC(=O)CCCCC(=O)OC(C)CNSCc3ccc(N=Nc4c(C)c(C#N)c(O)n(CC(CCC)CCCC)c4=O)cc3C)c(CC)c2)c1=O. The van der Waals surface area contributed by atoms with Crippen molar-refractivity contribution in [1.82, 2.24) is 19.2 Å². The van der Waals surface area contributed by atoms with E-state index in [4.69, 9.17) is 9.47 Å². The molecule has 4 N–H and O–H groups in total. The number of thioether (sulfide) groups is 1. The summed E-state index contributed by atoms with van der Waals surface area (Å²) in [5.74, 6) is 0.236. The number of carbonyl (C=O) groups is 2. The third-order valence-electron chi connectivity index (χ3n) is 14.0. The maximum Gasteiger partial charge on any atom is 0.306 e. The Kier molecular flexibility index (Phi) is 28.7. The number of hydrogen-bond donors (Lipinski definition) is 4. The van der Waals surface area contributed by atoms with Gasteiger partial charge in [0.1, 0.15) is 35.5 Å². The molecule has 0 aliphatic rings. The van der Waals surface area contributed by atoms with Crippen molar-refractivity contribution in [3.63, 3.8) is 0 Å². The van der Waals surface area contributed by atoms with Crippen LogP contribution in [0, 0.1) is 55.3 Å². The van der Waals surface area contributed by atoms with Crippen molar-refractivity contribution in [3.05, 3.63) is 96.0 Å². The second-order valence-corrected chi connectivity index (χ2v) is 22.3. The predicted octanol–water partition coefficient (Wildman–Crippen LogP) is 13.8. The molecule has 20 heteroatoms. The van der Waals surface area contributed by atoms with Crippen molar-refractivity contribution in [1.29, 1.82) is 10.5 Å². The maximum atomic E-state index is 13.6. The second kappa shape index (κ2) is 34.7. The summed E-state index contributed by atoms with van der Waals surface area (Å²) >= 11 is 3.08. The molecule has 18 nitrogen and oxygen atoms in total. The number of benzene rings is 2. The molecule has 2 heterocycles. The number of ether oxygens (including phenoxy) is 2. The fourth-order valence-electron chi connectivity index (χ4n) is 9.16. The monoisotopic (exact) mass is 1140 g/mol. The molecule has 0 radical (unpaired) electrons. The van der Waals surface area contributed by atoms with Gasteiger partial charge in [0.2, 0.25) is 11.8 Å². The summed E-state index contributed by atoms with van der Waals surface area (Å²) in [6, 6.07) is 15.4. The highest BCUT2D eigenvalue weighted by molar-refractivity contribution is 7.99. The number of esters is 2. The van der Waals surface area contributed by atoms with Gasteiger partial charge in [0.25, 0.3) is 11.1 Å². The van der Waals surface area contributed by atoms with Gasteiger partial charge in [-0.25, -0.2) is 0 Å². The predicted molar refractivity (Wildman–Crippen MR) is 318 cm³/mol. The molecular weight excluding hydrogens is 1050 g/mol. The molecule has 2 aromatic heterocycles. The Balaban J connectivity index is 1.14. The van der Waals surface area contributed by atoms with E-state index in [0.29, 0.717) is 62.0 Å². The first-order valence-electron chi connectivity index (χ1n) is 28.3. The molecule has 4 aromatic rings. The summed E-state index contributed by atoms with van der Waals surface area (Å²) in [7, 11) is 0. The highest BCUT2D eigenvalue weighted by Gasteiger charge is 2.24. The first kappa shape index (κ1) is 66.2. The molecule has 0 bridgehead atoms. The smallest absolute Gasteiger partial charge is 0.306 e. The zero-order chi connectivity index (χ0) is 58.7. The van der Waals surface area contributed by atoms with Gasteiger partial charge in [0, 0.05) is 66.7 Å². The molecule has 80 heavy (non-hydrogen) atoms. The summed E-state index contributed by atoms with van der Waals surface area (Å²) in [5.41, 5.74) is 3.91. The Morgan fingerprint density at radius 1 is 0.675 bits per heavy atom. The molecule has 4 rings (SSSR count). The minimum Gasteiger partial charge on any atom is -0.493 e. The summed E-state index contributed by atoms with van der Waals surface area (Å²) in [5, 5.41) is 62.2. The van der Waals surface area contributed by atoms with E-state index < -0.39 is 11.1 Å². The van der Waals surface area contributed by atoms with E-state index in [-0.39, 0.29) is 94.2 Å². The largest absolute Gasteiger partial charge is 0.493 e. The van der Waals surface area contributed by atoms with E-state index in [2.05, 4.69) is 58.2 Å². The van der Waals surface area contributed by atoms with E-state index in [1.165, 1.54) is 21.1 Å². The minimum absolute atomic E-state index is 0.0192. The van der Waals surface area contributed by atoms with E-state index in [0.717, 1.165) is 85.8 Å². The molecule has 0 spiro atoms. The van der Waals surface area contributed by atoms with Crippen LogP contribution in [0.4, 0.5) is 22.7 Å². The Labute approximate surface area is 481 Å². The van der Waals surface area contributed by atoms with Gasteiger partial charge in [-0.15, -0.1) is 22.0 Å². The molecule has 0 aliphatic heterocycles. The average Bonchev–Trinajstić information content (AvgIpc) is 3.57. The first-order chi connectivity index (χ1) is 38.4. The second-order valence-electron chi connectivity index (χ2n) is 20.5. The summed E-state index contributed by atoms with van der Waals surface area (Å²) in [4.78, 5) is 53.4. The molecule has 4 atom stereocenters. The van der Waals surface area contributed by atoms with Gasteiger partial charge in [0.15, 0.2) is 11.4 Å². The Hall–Kier alpha value is -6.32. The van der Waals surface area contributed by atoms with Crippen molar-refractivity contribution in [2.45, 2.75) is 195 Å². The lowest BCUT2D eigenvalue weighted by atomic mass is 9.96. The number of pyridine rings is 2. The van der Waals surface area contributed by atoms with Gasteiger partial charge in [-0.05, 0) is 132 Å². The molecule has 2 aromatic carbocycles. The highest BCUT2D eigenvalue weighted by atomic mass is 32.2. The number of nitriles is 2. The number of azo groups is 2. The summed E-state index contributed by atoms with van der Waals surface area (Å²) in [6.45, 7) is 20.7. The van der Waals surface area contributed by atoms with Crippen molar-refractivity contribution in [2.75, 3.05) is 19.0 Å². The average molecular weight is 1140 g/mol. The first-order valence-corrected chi connectivity index (χ1v) is 30.3. The van der Waals surface area contributed by atoms with Crippen LogP contribution in [-0.4, -0.2) is 62.5 Å². The fourth-order valence-corrected chi connectivity index (χ4v) is 11.0. The van der Waals surface area contributed by atoms with Gasteiger partial charge >= 0.3 is 11.9 Å². The van der Waals surface area contributed by atoms with Crippen LogP contribution < -0.4 is 21.2 Å². The zero-order valence-corrected chi connectivity index (χ0v) is 50.3. The number of aryl methyl sites for hydroxylation is 2. The van der Waals surface area contributed by atoms with Gasteiger partial charge < -0.3 is 25.0 Å².